The molecule has 1 aromatic rings. The highest BCUT2D eigenvalue weighted by atomic mass is 16.5. The summed E-state index contributed by atoms with van der Waals surface area (Å²) >= 11 is 0. The maximum Gasteiger partial charge on any atom is 0.0875 e. The van der Waals surface area contributed by atoms with Crippen LogP contribution >= 0.6 is 0 Å². The van der Waals surface area contributed by atoms with Gasteiger partial charge in [0.05, 0.1) is 5.60 Å². The van der Waals surface area contributed by atoms with Crippen molar-refractivity contribution in [2.75, 3.05) is 6.61 Å². The summed E-state index contributed by atoms with van der Waals surface area (Å²) in [7, 11) is 0. The Hall–Kier alpha value is -0.860. The van der Waals surface area contributed by atoms with Gasteiger partial charge in [0.25, 0.3) is 0 Å². The lowest BCUT2D eigenvalue weighted by Gasteiger charge is -2.29. The van der Waals surface area contributed by atoms with Crippen LogP contribution in [-0.4, -0.2) is 12.1 Å². The number of ether oxygens (including phenoxy) is 1. The fourth-order valence-corrected chi connectivity index (χ4v) is 2.02. The predicted molar refractivity (Wildman–Crippen MR) is 87.0 cm³/mol. The second kappa shape index (κ2) is 5.87. The Labute approximate surface area is 124 Å². The number of hydrogen-bond acceptors (Lipinski definition) is 2. The summed E-state index contributed by atoms with van der Waals surface area (Å²) in [5, 5.41) is 0. The van der Waals surface area contributed by atoms with Gasteiger partial charge in [-0.25, -0.2) is 0 Å². The lowest BCUT2D eigenvalue weighted by molar-refractivity contribution is -0.0277. The quantitative estimate of drug-likeness (QED) is 0.867. The van der Waals surface area contributed by atoms with Gasteiger partial charge in [-0.05, 0) is 50.7 Å². The molecule has 0 amide bonds. The molecule has 0 saturated carbocycles. The van der Waals surface area contributed by atoms with Crippen LogP contribution in [0.25, 0.3) is 0 Å². The van der Waals surface area contributed by atoms with Gasteiger partial charge in [0.1, 0.15) is 0 Å². The fourth-order valence-electron chi connectivity index (χ4n) is 2.02. The summed E-state index contributed by atoms with van der Waals surface area (Å²) in [5.74, 6) is 0. The Morgan fingerprint density at radius 2 is 1.30 bits per heavy atom. The average molecular weight is 277 g/mol. The van der Waals surface area contributed by atoms with E-state index in [4.69, 9.17) is 10.5 Å². The number of benzene rings is 1. The van der Waals surface area contributed by atoms with Gasteiger partial charge in [-0.15, -0.1) is 0 Å². The first-order chi connectivity index (χ1) is 8.92. The van der Waals surface area contributed by atoms with Crippen LogP contribution < -0.4 is 5.73 Å². The van der Waals surface area contributed by atoms with Crippen molar-refractivity contribution >= 4 is 0 Å². The number of rotatable bonds is 5. The van der Waals surface area contributed by atoms with E-state index in [1.165, 1.54) is 11.1 Å². The van der Waals surface area contributed by atoms with Gasteiger partial charge < -0.3 is 10.5 Å². The maximum atomic E-state index is 6.04. The molecule has 2 nitrogen and oxygen atoms in total. The van der Waals surface area contributed by atoms with Crippen LogP contribution in [0.2, 0.25) is 0 Å². The van der Waals surface area contributed by atoms with Gasteiger partial charge in [-0.2, -0.15) is 0 Å². The van der Waals surface area contributed by atoms with Crippen LogP contribution in [0.3, 0.4) is 0 Å². The molecule has 0 aliphatic rings. The molecule has 2 N–H and O–H groups in total. The number of hydrogen-bond donors (Lipinski definition) is 1. The minimum atomic E-state index is -0.276. The Morgan fingerprint density at radius 1 is 0.850 bits per heavy atom. The van der Waals surface area contributed by atoms with Crippen molar-refractivity contribution in [3.8, 4) is 0 Å². The van der Waals surface area contributed by atoms with E-state index >= 15 is 0 Å². The molecule has 0 aliphatic carbocycles. The zero-order valence-corrected chi connectivity index (χ0v) is 14.2. The normalized spacial score (nSPS) is 13.6. The Balaban J connectivity index is 2.73. The predicted octanol–water partition coefficient (Wildman–Crippen LogP) is 4.36. The first-order valence-electron chi connectivity index (χ1n) is 7.46. The molecule has 0 atom stereocenters. The standard InChI is InChI=1S/C18H31NO/c1-16(2,3)14-8-10-15(11-9-14)18(6,7)20-13-12-17(4,5)19/h8-11H,12-13,19H2,1-7H3. The topological polar surface area (TPSA) is 35.2 Å². The highest BCUT2D eigenvalue weighted by Gasteiger charge is 2.23. The van der Waals surface area contributed by atoms with Crippen LogP contribution in [0.5, 0.6) is 0 Å². The summed E-state index contributed by atoms with van der Waals surface area (Å²) in [6.45, 7) is 15.7. The third-order valence-corrected chi connectivity index (χ3v) is 3.66. The first-order valence-corrected chi connectivity index (χ1v) is 7.46. The molecule has 1 aromatic carbocycles. The molecule has 2 heteroatoms. The fraction of sp³-hybridized carbons (Fsp3) is 0.667. The van der Waals surface area contributed by atoms with Crippen molar-refractivity contribution in [1.29, 1.82) is 0 Å². The average Bonchev–Trinajstić information content (AvgIpc) is 2.26. The minimum absolute atomic E-state index is 0.174. The molecule has 0 aromatic heterocycles. The maximum absolute atomic E-state index is 6.04. The smallest absolute Gasteiger partial charge is 0.0875 e. The Bertz CT molecular complexity index is 418. The van der Waals surface area contributed by atoms with Crippen molar-refractivity contribution in [2.24, 2.45) is 5.73 Å². The molecule has 0 heterocycles. The highest BCUT2D eigenvalue weighted by molar-refractivity contribution is 5.30. The Kier molecular flexibility index (Phi) is 5.04. The summed E-state index contributed by atoms with van der Waals surface area (Å²) in [4.78, 5) is 0. The van der Waals surface area contributed by atoms with Gasteiger partial charge in [0.2, 0.25) is 0 Å². The lowest BCUT2D eigenvalue weighted by atomic mass is 9.85. The van der Waals surface area contributed by atoms with Crippen LogP contribution in [0.1, 0.15) is 66.0 Å². The monoisotopic (exact) mass is 277 g/mol. The molecular formula is C18H31NO. The molecule has 0 radical (unpaired) electrons. The lowest BCUT2D eigenvalue weighted by Crippen LogP contribution is -2.34. The zero-order chi connectivity index (χ0) is 15.6. The van der Waals surface area contributed by atoms with Gasteiger partial charge in [0, 0.05) is 12.1 Å². The van der Waals surface area contributed by atoms with Crippen molar-refractivity contribution in [1.82, 2.24) is 0 Å². The first kappa shape index (κ1) is 17.2. The third-order valence-electron chi connectivity index (χ3n) is 3.66. The molecule has 0 fully saturated rings. The van der Waals surface area contributed by atoms with E-state index in [1.54, 1.807) is 0 Å². The molecule has 20 heavy (non-hydrogen) atoms. The molecule has 1 rings (SSSR count). The second-order valence-electron chi connectivity index (χ2n) is 7.92. The molecular weight excluding hydrogens is 246 g/mol. The Morgan fingerprint density at radius 3 is 1.70 bits per heavy atom. The van der Waals surface area contributed by atoms with Gasteiger partial charge in [-0.1, -0.05) is 45.0 Å². The summed E-state index contributed by atoms with van der Waals surface area (Å²) < 4.78 is 6.04. The molecule has 0 aliphatic heterocycles. The van der Waals surface area contributed by atoms with Crippen molar-refractivity contribution in [3.05, 3.63) is 35.4 Å². The van der Waals surface area contributed by atoms with E-state index in [0.717, 1.165) is 6.42 Å². The summed E-state index contributed by atoms with van der Waals surface area (Å²) in [6.07, 6.45) is 0.858. The van der Waals surface area contributed by atoms with Crippen LogP contribution in [-0.2, 0) is 15.8 Å². The highest BCUT2D eigenvalue weighted by Crippen LogP contribution is 2.28. The van der Waals surface area contributed by atoms with Crippen molar-refractivity contribution in [3.63, 3.8) is 0 Å². The van der Waals surface area contributed by atoms with E-state index < -0.39 is 0 Å². The minimum Gasteiger partial charge on any atom is -0.371 e. The van der Waals surface area contributed by atoms with Crippen LogP contribution in [0, 0.1) is 0 Å². The van der Waals surface area contributed by atoms with E-state index in [0.29, 0.717) is 6.61 Å². The molecule has 0 unspecified atom stereocenters. The molecule has 0 bridgehead atoms. The molecule has 0 saturated heterocycles. The van der Waals surface area contributed by atoms with Gasteiger partial charge >= 0.3 is 0 Å². The van der Waals surface area contributed by atoms with Crippen molar-refractivity contribution in [2.45, 2.75) is 71.4 Å². The van der Waals surface area contributed by atoms with Crippen molar-refractivity contribution < 1.29 is 4.74 Å². The SMILES string of the molecule is CC(C)(N)CCOC(C)(C)c1ccc(C(C)(C)C)cc1. The summed E-state index contributed by atoms with van der Waals surface area (Å²) in [5.41, 5.74) is 8.28. The van der Waals surface area contributed by atoms with Gasteiger partial charge in [0.15, 0.2) is 0 Å². The zero-order valence-electron chi connectivity index (χ0n) is 14.2. The molecule has 114 valence electrons. The van der Waals surface area contributed by atoms with E-state index in [1.807, 2.05) is 13.8 Å². The van der Waals surface area contributed by atoms with E-state index in [9.17, 15) is 0 Å². The molecule has 0 spiro atoms. The van der Waals surface area contributed by atoms with Gasteiger partial charge in [-0.3, -0.25) is 0 Å². The largest absolute Gasteiger partial charge is 0.371 e. The second-order valence-corrected chi connectivity index (χ2v) is 7.92. The summed E-state index contributed by atoms with van der Waals surface area (Å²) in [6, 6.07) is 8.75. The number of nitrogens with two attached hydrogens (primary N) is 1. The third kappa shape index (κ3) is 5.26. The van der Waals surface area contributed by atoms with E-state index in [2.05, 4.69) is 58.9 Å². The van der Waals surface area contributed by atoms with Crippen LogP contribution in [0.15, 0.2) is 24.3 Å². The van der Waals surface area contributed by atoms with E-state index in [-0.39, 0.29) is 16.6 Å². The van der Waals surface area contributed by atoms with Crippen LogP contribution in [0.4, 0.5) is 0 Å².